The van der Waals surface area contributed by atoms with Crippen molar-refractivity contribution in [2.75, 3.05) is 52.6 Å². The zero-order valence-corrected chi connectivity index (χ0v) is 16.8. The summed E-state index contributed by atoms with van der Waals surface area (Å²) in [6.45, 7) is 4.19. The van der Waals surface area contributed by atoms with Gasteiger partial charge in [0.05, 0.1) is 0 Å². The number of thioether (sulfide) groups is 1. The van der Waals surface area contributed by atoms with Gasteiger partial charge in [-0.05, 0) is 13.1 Å². The Bertz CT molecular complexity index is 768. The van der Waals surface area contributed by atoms with Crippen molar-refractivity contribution in [3.63, 3.8) is 0 Å². The molecule has 0 aromatic carbocycles. The average Bonchev–Trinajstić information content (AvgIpc) is 3.08. The number of aliphatic imine (C=N–C) groups is 1. The quantitative estimate of drug-likeness (QED) is 0.523. The Kier molecular flexibility index (Phi) is 5.36. The minimum Gasteiger partial charge on any atom is -0.340 e. The Morgan fingerprint density at radius 2 is 1.86 bits per heavy atom. The van der Waals surface area contributed by atoms with Gasteiger partial charge in [-0.1, -0.05) is 11.8 Å². The summed E-state index contributed by atoms with van der Waals surface area (Å²) in [7, 11) is 3.78. The van der Waals surface area contributed by atoms with Crippen LogP contribution in [0.4, 0.5) is 4.79 Å². The summed E-state index contributed by atoms with van der Waals surface area (Å²) in [4.78, 5) is 46.0. The molecule has 0 bridgehead atoms. The molecule has 2 atom stereocenters. The Balaban J connectivity index is 1.52. The normalized spacial score (nSPS) is 25.6. The fourth-order valence-corrected chi connectivity index (χ4v) is 4.36. The number of hydrogen-bond donors (Lipinski definition) is 1. The molecule has 4 rings (SSSR count). The highest BCUT2D eigenvalue weighted by Gasteiger charge is 2.49. The van der Waals surface area contributed by atoms with Crippen LogP contribution in [0.15, 0.2) is 28.6 Å². The van der Waals surface area contributed by atoms with E-state index in [9.17, 15) is 9.59 Å². The van der Waals surface area contributed by atoms with Crippen molar-refractivity contribution in [1.29, 1.82) is 0 Å². The highest BCUT2D eigenvalue weighted by atomic mass is 32.2. The predicted molar refractivity (Wildman–Crippen MR) is 105 cm³/mol. The number of carbonyl (C=O) groups excluding carboxylic acids is 2. The van der Waals surface area contributed by atoms with Crippen molar-refractivity contribution in [3.8, 4) is 0 Å². The lowest BCUT2D eigenvalue weighted by molar-refractivity contribution is -0.127. The lowest BCUT2D eigenvalue weighted by Gasteiger charge is -2.39. The number of imide groups is 1. The maximum Gasteiger partial charge on any atom is 0.325 e. The van der Waals surface area contributed by atoms with Crippen LogP contribution in [0.2, 0.25) is 0 Å². The van der Waals surface area contributed by atoms with Crippen molar-refractivity contribution < 1.29 is 9.59 Å². The van der Waals surface area contributed by atoms with E-state index in [1.807, 2.05) is 4.90 Å². The van der Waals surface area contributed by atoms with E-state index >= 15 is 0 Å². The molecule has 1 aromatic rings. The van der Waals surface area contributed by atoms with E-state index in [1.165, 1.54) is 4.90 Å². The number of amides is 3. The first-order valence-corrected chi connectivity index (χ1v) is 10.3. The molecule has 0 saturated carbocycles. The maximum absolute atomic E-state index is 12.6. The second-order valence-electron chi connectivity index (χ2n) is 7.06. The number of carbonyl (C=O) groups is 2. The van der Waals surface area contributed by atoms with Crippen molar-refractivity contribution in [2.45, 2.75) is 17.4 Å². The number of urea groups is 1. The van der Waals surface area contributed by atoms with Crippen molar-refractivity contribution in [3.05, 3.63) is 18.5 Å². The van der Waals surface area contributed by atoms with E-state index in [-0.39, 0.29) is 5.91 Å². The summed E-state index contributed by atoms with van der Waals surface area (Å²) in [6.07, 6.45) is 2.94. The minimum atomic E-state index is -0.505. The largest absolute Gasteiger partial charge is 0.340 e. The first-order valence-electron chi connectivity index (χ1n) is 9.30. The lowest BCUT2D eigenvalue weighted by atomic mass is 10.1. The summed E-state index contributed by atoms with van der Waals surface area (Å²) in [5, 5.41) is 3.15. The lowest BCUT2D eigenvalue weighted by Crippen LogP contribution is -2.64. The number of rotatable bonds is 4. The van der Waals surface area contributed by atoms with Gasteiger partial charge in [0.15, 0.2) is 23.3 Å². The number of likely N-dealkylation sites (N-methyl/N-ethyl adjacent to an activating group) is 2. The number of piperazine rings is 1. The van der Waals surface area contributed by atoms with Crippen LogP contribution in [0.5, 0.6) is 0 Å². The van der Waals surface area contributed by atoms with Gasteiger partial charge in [-0.2, -0.15) is 0 Å². The van der Waals surface area contributed by atoms with Crippen molar-refractivity contribution in [1.82, 2.24) is 34.9 Å². The summed E-state index contributed by atoms with van der Waals surface area (Å²) >= 11 is 1.54. The molecule has 10 nitrogen and oxygen atoms in total. The van der Waals surface area contributed by atoms with Gasteiger partial charge in [0, 0.05) is 57.9 Å². The molecule has 0 aliphatic carbocycles. The Labute approximate surface area is 168 Å². The van der Waals surface area contributed by atoms with Crippen molar-refractivity contribution >= 4 is 29.7 Å². The van der Waals surface area contributed by atoms with Gasteiger partial charge in [0.2, 0.25) is 0 Å². The van der Waals surface area contributed by atoms with Gasteiger partial charge in [-0.15, -0.1) is 0 Å². The van der Waals surface area contributed by atoms with E-state index in [1.54, 1.807) is 37.3 Å². The minimum absolute atomic E-state index is 0.290. The molecular weight excluding hydrogens is 380 g/mol. The van der Waals surface area contributed by atoms with Gasteiger partial charge in [0.25, 0.3) is 5.91 Å². The van der Waals surface area contributed by atoms with E-state index in [0.717, 1.165) is 32.1 Å². The van der Waals surface area contributed by atoms with E-state index in [0.29, 0.717) is 17.5 Å². The molecule has 1 aromatic heterocycles. The molecule has 1 N–H and O–H groups in total. The van der Waals surface area contributed by atoms with Crippen LogP contribution in [0.25, 0.3) is 0 Å². The van der Waals surface area contributed by atoms with Crippen LogP contribution in [0.3, 0.4) is 0 Å². The molecule has 0 spiro atoms. The van der Waals surface area contributed by atoms with Crippen LogP contribution in [-0.4, -0.2) is 112 Å². The Morgan fingerprint density at radius 1 is 1.14 bits per heavy atom. The summed E-state index contributed by atoms with van der Waals surface area (Å²) < 4.78 is 0. The zero-order chi connectivity index (χ0) is 19.7. The number of guanidine groups is 1. The number of hydrogen-bond acceptors (Lipinski definition) is 9. The smallest absolute Gasteiger partial charge is 0.325 e. The molecule has 3 aliphatic heterocycles. The van der Waals surface area contributed by atoms with Crippen molar-refractivity contribution in [2.24, 2.45) is 4.99 Å². The van der Waals surface area contributed by atoms with Gasteiger partial charge in [-0.3, -0.25) is 10.1 Å². The fourth-order valence-electron chi connectivity index (χ4n) is 3.62. The molecule has 2 saturated heterocycles. The summed E-state index contributed by atoms with van der Waals surface area (Å²) in [6, 6.07) is 0.878. The van der Waals surface area contributed by atoms with Crippen LogP contribution in [0, 0.1) is 0 Å². The van der Waals surface area contributed by atoms with Crippen LogP contribution < -0.4 is 5.32 Å². The van der Waals surface area contributed by atoms with Crippen LogP contribution in [0.1, 0.15) is 0 Å². The number of nitrogens with zero attached hydrogens (tertiary/aromatic N) is 7. The van der Waals surface area contributed by atoms with E-state index < -0.39 is 18.2 Å². The molecule has 2 unspecified atom stereocenters. The molecule has 150 valence electrons. The standard InChI is InChI=1S/C17H24N8O2S/c1-22-6-8-24(9-7-22)16-20-13-12(14(26)21-17(27)23(13)2)25(16)10-11-28-15-18-4-3-5-19-15/h3-5,12-13H,6-11H2,1-2H3,(H,21,26,27). The maximum atomic E-state index is 12.6. The zero-order valence-electron chi connectivity index (χ0n) is 16.0. The summed E-state index contributed by atoms with van der Waals surface area (Å²) in [5.41, 5.74) is 0. The number of fused-ring (bicyclic) bond motifs is 1. The number of aromatic nitrogens is 2. The first kappa shape index (κ1) is 18.9. The number of nitrogens with one attached hydrogen (secondary N) is 1. The highest BCUT2D eigenvalue weighted by Crippen LogP contribution is 2.26. The van der Waals surface area contributed by atoms with Crippen LogP contribution in [-0.2, 0) is 4.79 Å². The molecule has 4 heterocycles. The predicted octanol–water partition coefficient (Wildman–Crippen LogP) is -0.636. The molecule has 11 heteroatoms. The first-order chi connectivity index (χ1) is 13.5. The van der Waals surface area contributed by atoms with E-state index in [4.69, 9.17) is 4.99 Å². The third-order valence-corrected chi connectivity index (χ3v) is 6.09. The van der Waals surface area contributed by atoms with Gasteiger partial charge < -0.3 is 19.6 Å². The molecular formula is C17H24N8O2S. The van der Waals surface area contributed by atoms with Gasteiger partial charge in [0.1, 0.15) is 0 Å². The van der Waals surface area contributed by atoms with Gasteiger partial charge >= 0.3 is 6.03 Å². The molecule has 3 aliphatic rings. The second kappa shape index (κ2) is 7.92. The average molecular weight is 405 g/mol. The molecule has 28 heavy (non-hydrogen) atoms. The topological polar surface area (TPSA) is 97.3 Å². The Hall–Kier alpha value is -2.40. The Morgan fingerprint density at radius 3 is 2.57 bits per heavy atom. The second-order valence-corrected chi connectivity index (χ2v) is 8.12. The monoisotopic (exact) mass is 404 g/mol. The van der Waals surface area contributed by atoms with Crippen LogP contribution >= 0.6 is 11.8 Å². The molecule has 0 radical (unpaired) electrons. The molecule has 2 fully saturated rings. The SMILES string of the molecule is CN1CCN(C2=NC3C(C(=O)NC(=O)N3C)N2CCSc2ncccn2)CC1. The fraction of sp³-hybridized carbons (Fsp3) is 0.588. The third kappa shape index (κ3) is 3.63. The third-order valence-electron chi connectivity index (χ3n) is 5.23. The summed E-state index contributed by atoms with van der Waals surface area (Å²) in [5.74, 6) is 1.22. The van der Waals surface area contributed by atoms with E-state index in [2.05, 4.69) is 32.1 Å². The van der Waals surface area contributed by atoms with Gasteiger partial charge in [-0.25, -0.2) is 19.8 Å². The molecule has 3 amide bonds. The highest BCUT2D eigenvalue weighted by molar-refractivity contribution is 7.99.